The number of esters is 1. The Balaban J connectivity index is 2.26. The van der Waals surface area contributed by atoms with Gasteiger partial charge >= 0.3 is 5.97 Å². The van der Waals surface area contributed by atoms with Crippen LogP contribution in [-0.4, -0.2) is 43.7 Å². The van der Waals surface area contributed by atoms with Gasteiger partial charge in [-0.3, -0.25) is 4.79 Å². The van der Waals surface area contributed by atoms with Gasteiger partial charge in [0, 0.05) is 13.1 Å². The first-order chi connectivity index (χ1) is 7.95. The van der Waals surface area contributed by atoms with Crippen molar-refractivity contribution in [2.75, 3.05) is 27.2 Å². The molecule has 1 aliphatic carbocycles. The first kappa shape index (κ1) is 14.5. The summed E-state index contributed by atoms with van der Waals surface area (Å²) in [5.41, 5.74) is 5.06. The summed E-state index contributed by atoms with van der Waals surface area (Å²) in [7, 11) is 3.49. The Labute approximate surface area is 104 Å². The molecule has 0 saturated heterocycles. The second-order valence-corrected chi connectivity index (χ2v) is 5.57. The van der Waals surface area contributed by atoms with Crippen LogP contribution in [0.5, 0.6) is 0 Å². The quantitative estimate of drug-likeness (QED) is 0.715. The van der Waals surface area contributed by atoms with Crippen molar-refractivity contribution >= 4 is 5.97 Å². The smallest absolute Gasteiger partial charge is 0.325 e. The maximum absolute atomic E-state index is 11.4. The molecule has 0 aliphatic heterocycles. The van der Waals surface area contributed by atoms with Crippen LogP contribution in [0.25, 0.3) is 0 Å². The Morgan fingerprint density at radius 1 is 1.47 bits per heavy atom. The van der Waals surface area contributed by atoms with E-state index in [-0.39, 0.29) is 5.97 Å². The number of hydrogen-bond acceptors (Lipinski definition) is 4. The van der Waals surface area contributed by atoms with Crippen LogP contribution in [0.1, 0.15) is 39.0 Å². The number of carbonyl (C=O) groups is 1. The molecule has 1 atom stereocenters. The number of carbonyl (C=O) groups excluding carboxylic acids is 1. The highest BCUT2D eigenvalue weighted by Crippen LogP contribution is 2.25. The molecular weight excluding hydrogens is 216 g/mol. The first-order valence-electron chi connectivity index (χ1n) is 6.51. The number of rotatable bonds is 6. The van der Waals surface area contributed by atoms with Gasteiger partial charge in [0.25, 0.3) is 0 Å². The Kier molecular flexibility index (Phi) is 5.40. The third-order valence-corrected chi connectivity index (χ3v) is 3.71. The topological polar surface area (TPSA) is 55.6 Å². The lowest BCUT2D eigenvalue weighted by Crippen LogP contribution is -2.48. The average Bonchev–Trinajstić information content (AvgIpc) is 2.78. The lowest BCUT2D eigenvalue weighted by molar-refractivity contribution is -0.146. The fraction of sp³-hybridized carbons (Fsp3) is 0.923. The second kappa shape index (κ2) is 6.36. The summed E-state index contributed by atoms with van der Waals surface area (Å²) in [6, 6.07) is 0. The van der Waals surface area contributed by atoms with Gasteiger partial charge in [0.1, 0.15) is 5.54 Å². The van der Waals surface area contributed by atoms with Crippen molar-refractivity contribution in [1.29, 1.82) is 0 Å². The van der Waals surface area contributed by atoms with Gasteiger partial charge in [-0.25, -0.2) is 0 Å². The third-order valence-electron chi connectivity index (χ3n) is 3.71. The van der Waals surface area contributed by atoms with Crippen molar-refractivity contribution in [3.05, 3.63) is 0 Å². The van der Waals surface area contributed by atoms with Crippen LogP contribution in [0.4, 0.5) is 0 Å². The molecule has 4 nitrogen and oxygen atoms in total. The maximum Gasteiger partial charge on any atom is 0.325 e. The van der Waals surface area contributed by atoms with E-state index < -0.39 is 5.54 Å². The highest BCUT2D eigenvalue weighted by atomic mass is 16.5. The van der Waals surface area contributed by atoms with E-state index in [1.165, 1.54) is 32.8 Å². The summed E-state index contributed by atoms with van der Waals surface area (Å²) < 4.78 is 4.70. The van der Waals surface area contributed by atoms with Crippen LogP contribution in [0.15, 0.2) is 0 Å². The summed E-state index contributed by atoms with van der Waals surface area (Å²) in [6.45, 7) is 3.71. The average molecular weight is 242 g/mol. The van der Waals surface area contributed by atoms with Crippen LogP contribution in [0.3, 0.4) is 0 Å². The molecular formula is C13H26N2O2. The molecule has 1 unspecified atom stereocenters. The van der Waals surface area contributed by atoms with Crippen LogP contribution in [-0.2, 0) is 9.53 Å². The lowest BCUT2D eigenvalue weighted by Gasteiger charge is -2.26. The lowest BCUT2D eigenvalue weighted by atomic mass is 9.99. The molecule has 1 aliphatic rings. The minimum absolute atomic E-state index is 0.327. The zero-order chi connectivity index (χ0) is 12.9. The molecule has 17 heavy (non-hydrogen) atoms. The van der Waals surface area contributed by atoms with Crippen LogP contribution < -0.4 is 5.73 Å². The summed E-state index contributed by atoms with van der Waals surface area (Å²) >= 11 is 0. The molecule has 4 heteroatoms. The van der Waals surface area contributed by atoms with Crippen molar-refractivity contribution < 1.29 is 9.53 Å². The molecule has 0 amide bonds. The van der Waals surface area contributed by atoms with Gasteiger partial charge in [-0.15, -0.1) is 0 Å². The second-order valence-electron chi connectivity index (χ2n) is 5.57. The molecule has 1 saturated carbocycles. The van der Waals surface area contributed by atoms with E-state index in [0.717, 1.165) is 19.0 Å². The Hall–Kier alpha value is -0.610. The predicted octanol–water partition coefficient (Wildman–Crippen LogP) is 1.39. The standard InChI is InChI=1S/C13H26N2O2/c1-13(14,12(16)17-3)8-9-15(2)10-11-6-4-5-7-11/h11H,4-10,14H2,1-3H3. The molecule has 100 valence electrons. The van der Waals surface area contributed by atoms with Gasteiger partial charge in [0.15, 0.2) is 0 Å². The monoisotopic (exact) mass is 242 g/mol. The number of nitrogens with two attached hydrogens (primary N) is 1. The highest BCUT2D eigenvalue weighted by molar-refractivity contribution is 5.79. The Morgan fingerprint density at radius 2 is 2.06 bits per heavy atom. The van der Waals surface area contributed by atoms with E-state index >= 15 is 0 Å². The molecule has 0 spiro atoms. The number of hydrogen-bond donors (Lipinski definition) is 1. The normalized spacial score (nSPS) is 20.5. The van der Waals surface area contributed by atoms with E-state index in [1.54, 1.807) is 6.92 Å². The van der Waals surface area contributed by atoms with Gasteiger partial charge in [-0.1, -0.05) is 12.8 Å². The van der Waals surface area contributed by atoms with Crippen molar-refractivity contribution in [1.82, 2.24) is 4.90 Å². The fourth-order valence-corrected chi connectivity index (χ4v) is 2.48. The molecule has 0 radical (unpaired) electrons. The van der Waals surface area contributed by atoms with Gasteiger partial charge in [-0.05, 0) is 39.2 Å². The highest BCUT2D eigenvalue weighted by Gasteiger charge is 2.29. The van der Waals surface area contributed by atoms with Gasteiger partial charge < -0.3 is 15.4 Å². The SMILES string of the molecule is COC(=O)C(C)(N)CCN(C)CC1CCCC1. The molecule has 1 rings (SSSR count). The van der Waals surface area contributed by atoms with E-state index in [4.69, 9.17) is 10.5 Å². The summed E-state index contributed by atoms with van der Waals surface area (Å²) in [4.78, 5) is 13.7. The zero-order valence-corrected chi connectivity index (χ0v) is 11.4. The van der Waals surface area contributed by atoms with Gasteiger partial charge in [0.05, 0.1) is 7.11 Å². The Bertz CT molecular complexity index is 248. The molecule has 0 bridgehead atoms. The van der Waals surface area contributed by atoms with Crippen LogP contribution >= 0.6 is 0 Å². The molecule has 0 aromatic rings. The molecule has 1 fully saturated rings. The van der Waals surface area contributed by atoms with Gasteiger partial charge in [-0.2, -0.15) is 0 Å². The molecule has 0 aromatic carbocycles. The van der Waals surface area contributed by atoms with Crippen LogP contribution in [0.2, 0.25) is 0 Å². The number of ether oxygens (including phenoxy) is 1. The fourth-order valence-electron chi connectivity index (χ4n) is 2.48. The predicted molar refractivity (Wildman–Crippen MR) is 68.7 cm³/mol. The summed E-state index contributed by atoms with van der Waals surface area (Å²) in [6.07, 6.45) is 6.08. The van der Waals surface area contributed by atoms with E-state index in [0.29, 0.717) is 6.42 Å². The molecule has 2 N–H and O–H groups in total. The third kappa shape index (κ3) is 4.64. The van der Waals surface area contributed by atoms with Crippen molar-refractivity contribution in [2.24, 2.45) is 11.7 Å². The Morgan fingerprint density at radius 3 is 2.59 bits per heavy atom. The minimum Gasteiger partial charge on any atom is -0.468 e. The largest absolute Gasteiger partial charge is 0.468 e. The number of methoxy groups -OCH3 is 1. The minimum atomic E-state index is -0.862. The first-order valence-corrected chi connectivity index (χ1v) is 6.51. The molecule has 0 aromatic heterocycles. The summed E-state index contributed by atoms with van der Waals surface area (Å²) in [5.74, 6) is 0.508. The summed E-state index contributed by atoms with van der Waals surface area (Å²) in [5, 5.41) is 0. The van der Waals surface area contributed by atoms with Crippen LogP contribution in [0, 0.1) is 5.92 Å². The maximum atomic E-state index is 11.4. The van der Waals surface area contributed by atoms with Crippen molar-refractivity contribution in [3.8, 4) is 0 Å². The zero-order valence-electron chi connectivity index (χ0n) is 11.4. The van der Waals surface area contributed by atoms with E-state index in [2.05, 4.69) is 11.9 Å². The van der Waals surface area contributed by atoms with Gasteiger partial charge in [0.2, 0.25) is 0 Å². The number of nitrogens with zero attached hydrogens (tertiary/aromatic N) is 1. The van der Waals surface area contributed by atoms with Crippen molar-refractivity contribution in [3.63, 3.8) is 0 Å². The van der Waals surface area contributed by atoms with E-state index in [1.807, 2.05) is 0 Å². The van der Waals surface area contributed by atoms with Crippen molar-refractivity contribution in [2.45, 2.75) is 44.6 Å². The molecule has 0 heterocycles. The van der Waals surface area contributed by atoms with E-state index in [9.17, 15) is 4.79 Å².